The molecule has 0 aromatic heterocycles. The van der Waals surface area contributed by atoms with Crippen LogP contribution in [0.5, 0.6) is 5.75 Å². The van der Waals surface area contributed by atoms with Gasteiger partial charge in [-0.15, -0.1) is 0 Å². The van der Waals surface area contributed by atoms with Gasteiger partial charge in [0, 0.05) is 13.8 Å². The van der Waals surface area contributed by atoms with Crippen molar-refractivity contribution in [2.75, 3.05) is 13.7 Å². The molecule has 1 aliphatic heterocycles. The predicted molar refractivity (Wildman–Crippen MR) is 91.7 cm³/mol. The molecule has 0 saturated carbocycles. The number of esters is 3. The lowest BCUT2D eigenvalue weighted by Gasteiger charge is -2.40. The average molecular weight is 378 g/mol. The van der Waals surface area contributed by atoms with Gasteiger partial charge in [-0.25, -0.2) is 0 Å². The first kappa shape index (κ1) is 20.4. The van der Waals surface area contributed by atoms with Gasteiger partial charge in [0.1, 0.15) is 5.75 Å². The zero-order chi connectivity index (χ0) is 20.4. The Bertz CT molecular complexity index is 744. The Balaban J connectivity index is 2.71. The third-order valence-electron chi connectivity index (χ3n) is 4.30. The van der Waals surface area contributed by atoms with Crippen LogP contribution in [0.15, 0.2) is 24.3 Å². The molecule has 0 N–H and O–H groups in total. The third kappa shape index (κ3) is 3.51. The van der Waals surface area contributed by atoms with Gasteiger partial charge in [0.15, 0.2) is 17.1 Å². The second kappa shape index (κ2) is 7.38. The van der Waals surface area contributed by atoms with E-state index in [1.807, 2.05) is 0 Å². The summed E-state index contributed by atoms with van der Waals surface area (Å²) in [4.78, 5) is 51.0. The van der Waals surface area contributed by atoms with Crippen LogP contribution in [0.4, 0.5) is 0 Å². The molecule has 27 heavy (non-hydrogen) atoms. The topological polar surface area (TPSA) is 105 Å². The maximum atomic E-state index is 12.9. The molecule has 1 aromatic carbocycles. The van der Waals surface area contributed by atoms with Crippen molar-refractivity contribution in [1.82, 2.24) is 0 Å². The zero-order valence-corrected chi connectivity index (χ0v) is 15.9. The minimum atomic E-state index is -2.23. The number of ether oxygens (including phenoxy) is 4. The van der Waals surface area contributed by atoms with Crippen LogP contribution >= 0.6 is 0 Å². The SMILES string of the molecule is CCOC(=O)C(C(C)=O)(c1ccc(OC)cc1)C1C(=O)OC(C)(C)OC1=O. The Labute approximate surface area is 156 Å². The van der Waals surface area contributed by atoms with E-state index in [2.05, 4.69) is 0 Å². The minimum absolute atomic E-state index is 0.0493. The molecule has 1 aliphatic rings. The Hall–Kier alpha value is -2.90. The van der Waals surface area contributed by atoms with Crippen LogP contribution < -0.4 is 4.74 Å². The summed E-state index contributed by atoms with van der Waals surface area (Å²) >= 11 is 0. The summed E-state index contributed by atoms with van der Waals surface area (Å²) in [6, 6.07) is 5.88. The number of hydrogen-bond donors (Lipinski definition) is 0. The van der Waals surface area contributed by atoms with Crippen molar-refractivity contribution in [3.05, 3.63) is 29.8 Å². The largest absolute Gasteiger partial charge is 0.497 e. The zero-order valence-electron chi connectivity index (χ0n) is 15.9. The lowest BCUT2D eigenvalue weighted by molar-refractivity contribution is -0.244. The molecule has 8 heteroatoms. The summed E-state index contributed by atoms with van der Waals surface area (Å²) in [6.07, 6.45) is 0. The van der Waals surface area contributed by atoms with Crippen molar-refractivity contribution >= 4 is 23.7 Å². The van der Waals surface area contributed by atoms with Crippen LogP contribution in [0, 0.1) is 5.92 Å². The van der Waals surface area contributed by atoms with E-state index in [1.165, 1.54) is 45.2 Å². The summed E-state index contributed by atoms with van der Waals surface area (Å²) in [7, 11) is 1.45. The van der Waals surface area contributed by atoms with E-state index >= 15 is 0 Å². The summed E-state index contributed by atoms with van der Waals surface area (Å²) in [5.74, 6) is -6.69. The molecule has 8 nitrogen and oxygen atoms in total. The lowest BCUT2D eigenvalue weighted by Crippen LogP contribution is -2.60. The second-order valence-electron chi connectivity index (χ2n) is 6.49. The predicted octanol–water partition coefficient (Wildman–Crippen LogP) is 1.54. The van der Waals surface area contributed by atoms with Gasteiger partial charge in [-0.1, -0.05) is 12.1 Å². The minimum Gasteiger partial charge on any atom is -0.497 e. The molecule has 1 unspecified atom stereocenters. The summed E-state index contributed by atoms with van der Waals surface area (Å²) in [6.45, 7) is 5.38. The average Bonchev–Trinajstić information content (AvgIpc) is 2.57. The number of hydrogen-bond acceptors (Lipinski definition) is 8. The Morgan fingerprint density at radius 1 is 1.11 bits per heavy atom. The standard InChI is InChI=1S/C19H22O8/c1-6-25-17(23)19(11(2)20,12-7-9-13(24-5)10-8-12)14-15(21)26-18(3,4)27-16(14)22/h7-10,14H,6H2,1-5H3. The summed E-state index contributed by atoms with van der Waals surface area (Å²) < 4.78 is 20.4. The molecule has 0 bridgehead atoms. The van der Waals surface area contributed by atoms with Gasteiger partial charge in [-0.05, 0) is 31.5 Å². The summed E-state index contributed by atoms with van der Waals surface area (Å²) in [5.41, 5.74) is -2.12. The molecule has 0 spiro atoms. The van der Waals surface area contributed by atoms with E-state index < -0.39 is 40.8 Å². The molecule has 146 valence electrons. The highest BCUT2D eigenvalue weighted by molar-refractivity contribution is 6.17. The number of Topliss-reactive ketones (excluding diaryl/α,β-unsaturated/α-hetero) is 1. The van der Waals surface area contributed by atoms with Crippen LogP contribution in [0.25, 0.3) is 0 Å². The molecular formula is C19H22O8. The fraction of sp³-hybridized carbons (Fsp3) is 0.474. The van der Waals surface area contributed by atoms with E-state index in [0.717, 1.165) is 6.92 Å². The molecule has 1 aromatic rings. The van der Waals surface area contributed by atoms with Crippen LogP contribution in [-0.2, 0) is 38.8 Å². The number of carbonyl (C=O) groups is 4. The van der Waals surface area contributed by atoms with Gasteiger partial charge in [-0.2, -0.15) is 0 Å². The third-order valence-corrected chi connectivity index (χ3v) is 4.30. The normalized spacial score (nSPS) is 18.7. The molecule has 1 saturated heterocycles. The smallest absolute Gasteiger partial charge is 0.325 e. The monoisotopic (exact) mass is 378 g/mol. The van der Waals surface area contributed by atoms with Crippen molar-refractivity contribution in [3.8, 4) is 5.75 Å². The first-order valence-corrected chi connectivity index (χ1v) is 8.38. The second-order valence-corrected chi connectivity index (χ2v) is 6.49. The van der Waals surface area contributed by atoms with E-state index in [4.69, 9.17) is 18.9 Å². The number of cyclic esters (lactones) is 2. The number of carbonyl (C=O) groups excluding carboxylic acids is 4. The van der Waals surface area contributed by atoms with Crippen molar-refractivity contribution in [2.45, 2.75) is 38.9 Å². The highest BCUT2D eigenvalue weighted by Gasteiger charge is 2.63. The van der Waals surface area contributed by atoms with E-state index in [-0.39, 0.29) is 12.2 Å². The van der Waals surface area contributed by atoms with Crippen LogP contribution in [0.1, 0.15) is 33.3 Å². The molecular weight excluding hydrogens is 356 g/mol. The van der Waals surface area contributed by atoms with Crippen molar-refractivity contribution < 1.29 is 38.1 Å². The van der Waals surface area contributed by atoms with Gasteiger partial charge in [-0.3, -0.25) is 19.2 Å². The lowest BCUT2D eigenvalue weighted by atomic mass is 9.67. The fourth-order valence-electron chi connectivity index (χ4n) is 3.12. The number of ketones is 1. The van der Waals surface area contributed by atoms with Gasteiger partial charge < -0.3 is 18.9 Å². The Morgan fingerprint density at radius 3 is 2.04 bits per heavy atom. The van der Waals surface area contributed by atoms with Crippen LogP contribution in [0.2, 0.25) is 0 Å². The van der Waals surface area contributed by atoms with Crippen LogP contribution in [-0.4, -0.2) is 43.2 Å². The van der Waals surface area contributed by atoms with Gasteiger partial charge in [0.2, 0.25) is 0 Å². The quantitative estimate of drug-likeness (QED) is 0.542. The first-order valence-electron chi connectivity index (χ1n) is 8.38. The van der Waals surface area contributed by atoms with Crippen molar-refractivity contribution in [3.63, 3.8) is 0 Å². The summed E-state index contributed by atoms with van der Waals surface area (Å²) in [5, 5.41) is 0. The number of benzene rings is 1. The molecule has 0 amide bonds. The van der Waals surface area contributed by atoms with Crippen molar-refractivity contribution in [1.29, 1.82) is 0 Å². The maximum Gasteiger partial charge on any atom is 0.325 e. The highest BCUT2D eigenvalue weighted by atomic mass is 16.7. The Kier molecular flexibility index (Phi) is 5.58. The van der Waals surface area contributed by atoms with E-state index in [9.17, 15) is 19.2 Å². The van der Waals surface area contributed by atoms with E-state index in [1.54, 1.807) is 6.92 Å². The molecule has 0 radical (unpaired) electrons. The first-order chi connectivity index (χ1) is 12.6. The van der Waals surface area contributed by atoms with Gasteiger partial charge in [0.05, 0.1) is 13.7 Å². The van der Waals surface area contributed by atoms with E-state index in [0.29, 0.717) is 5.75 Å². The van der Waals surface area contributed by atoms with Crippen molar-refractivity contribution in [2.24, 2.45) is 5.92 Å². The fourth-order valence-corrected chi connectivity index (χ4v) is 3.12. The molecule has 0 aliphatic carbocycles. The van der Waals surface area contributed by atoms with Gasteiger partial charge >= 0.3 is 17.9 Å². The molecule has 1 heterocycles. The molecule has 2 rings (SSSR count). The Morgan fingerprint density at radius 2 is 1.63 bits per heavy atom. The maximum absolute atomic E-state index is 12.9. The molecule has 1 fully saturated rings. The number of methoxy groups -OCH3 is 1. The highest BCUT2D eigenvalue weighted by Crippen LogP contribution is 2.41. The molecule has 1 atom stereocenters. The van der Waals surface area contributed by atoms with Gasteiger partial charge in [0.25, 0.3) is 5.79 Å². The van der Waals surface area contributed by atoms with Crippen LogP contribution in [0.3, 0.4) is 0 Å². The number of rotatable bonds is 6.